The Morgan fingerprint density at radius 3 is 2.40 bits per heavy atom. The lowest BCUT2D eigenvalue weighted by Gasteiger charge is -2.26. The van der Waals surface area contributed by atoms with Crippen LogP contribution in [0.4, 0.5) is 5.82 Å². The van der Waals surface area contributed by atoms with Crippen LogP contribution in [0.3, 0.4) is 0 Å². The second kappa shape index (κ2) is 7.88. The Hall–Kier alpha value is -1.58. The molecule has 1 aromatic heterocycles. The molecule has 0 aromatic carbocycles. The Balaban J connectivity index is 3.04. The minimum atomic E-state index is 0.0787. The Bertz CT molecular complexity index is 441. The third-order valence-corrected chi connectivity index (χ3v) is 3.66. The molecule has 1 N–H and O–H groups in total. The van der Waals surface area contributed by atoms with Crippen molar-refractivity contribution in [3.8, 4) is 0 Å². The van der Waals surface area contributed by atoms with Gasteiger partial charge in [-0.05, 0) is 38.3 Å². The molecule has 1 heterocycles. The first-order chi connectivity index (χ1) is 9.57. The second-order valence-corrected chi connectivity index (χ2v) is 5.00. The van der Waals surface area contributed by atoms with E-state index in [1.165, 1.54) is 0 Å². The van der Waals surface area contributed by atoms with Crippen molar-refractivity contribution in [2.75, 3.05) is 18.9 Å². The zero-order valence-electron chi connectivity index (χ0n) is 13.4. The fourth-order valence-electron chi connectivity index (χ4n) is 2.37. The lowest BCUT2D eigenvalue weighted by atomic mass is 10.1. The van der Waals surface area contributed by atoms with E-state index in [0.29, 0.717) is 6.04 Å². The maximum absolute atomic E-state index is 12.6. The van der Waals surface area contributed by atoms with E-state index in [1.807, 2.05) is 31.0 Å². The van der Waals surface area contributed by atoms with E-state index in [9.17, 15) is 4.79 Å². The van der Waals surface area contributed by atoms with Gasteiger partial charge in [-0.15, -0.1) is 0 Å². The van der Waals surface area contributed by atoms with Gasteiger partial charge in [-0.2, -0.15) is 0 Å². The number of nitrogens with one attached hydrogen (secondary N) is 1. The Kier molecular flexibility index (Phi) is 6.49. The molecule has 4 nitrogen and oxygen atoms in total. The number of rotatable bonds is 7. The molecular formula is C16H27N3O. The zero-order chi connectivity index (χ0) is 15.1. The maximum Gasteiger partial charge on any atom is 0.254 e. The average molecular weight is 277 g/mol. The van der Waals surface area contributed by atoms with Crippen LogP contribution >= 0.6 is 0 Å². The third-order valence-electron chi connectivity index (χ3n) is 3.66. The van der Waals surface area contributed by atoms with Gasteiger partial charge in [0.25, 0.3) is 5.91 Å². The first kappa shape index (κ1) is 16.5. The largest absolute Gasteiger partial charge is 0.370 e. The molecular weight excluding hydrogens is 250 g/mol. The first-order valence-electron chi connectivity index (χ1n) is 7.59. The second-order valence-electron chi connectivity index (χ2n) is 5.00. The van der Waals surface area contributed by atoms with Crippen LogP contribution in [-0.4, -0.2) is 35.4 Å². The van der Waals surface area contributed by atoms with Crippen LogP contribution in [0.25, 0.3) is 0 Å². The van der Waals surface area contributed by atoms with E-state index in [1.54, 1.807) is 0 Å². The van der Waals surface area contributed by atoms with Crippen molar-refractivity contribution in [2.45, 2.75) is 53.0 Å². The highest BCUT2D eigenvalue weighted by Crippen LogP contribution is 2.16. The predicted molar refractivity (Wildman–Crippen MR) is 84.2 cm³/mol. The van der Waals surface area contributed by atoms with Gasteiger partial charge in [-0.1, -0.05) is 20.8 Å². The van der Waals surface area contributed by atoms with Crippen LogP contribution in [0.15, 0.2) is 12.1 Å². The number of hydrogen-bond acceptors (Lipinski definition) is 3. The van der Waals surface area contributed by atoms with E-state index >= 15 is 0 Å². The van der Waals surface area contributed by atoms with Crippen LogP contribution in [-0.2, 0) is 6.42 Å². The number of aromatic nitrogens is 1. The molecule has 0 aliphatic heterocycles. The number of nitrogens with zero attached hydrogens (tertiary/aromatic N) is 2. The molecule has 112 valence electrons. The summed E-state index contributed by atoms with van der Waals surface area (Å²) in [7, 11) is 1.89. The molecule has 1 rings (SSSR count). The van der Waals surface area contributed by atoms with Gasteiger partial charge in [0.15, 0.2) is 0 Å². The summed E-state index contributed by atoms with van der Waals surface area (Å²) >= 11 is 0. The van der Waals surface area contributed by atoms with Crippen LogP contribution in [0, 0.1) is 0 Å². The third kappa shape index (κ3) is 3.95. The Labute approximate surface area is 122 Å². The van der Waals surface area contributed by atoms with E-state index in [4.69, 9.17) is 0 Å². The smallest absolute Gasteiger partial charge is 0.254 e. The van der Waals surface area contributed by atoms with E-state index in [-0.39, 0.29) is 5.91 Å². The molecule has 1 amide bonds. The summed E-state index contributed by atoms with van der Waals surface area (Å²) in [4.78, 5) is 18.9. The monoisotopic (exact) mass is 277 g/mol. The van der Waals surface area contributed by atoms with Gasteiger partial charge in [0.2, 0.25) is 0 Å². The average Bonchev–Trinajstić information content (AvgIpc) is 2.47. The number of amides is 1. The molecule has 0 fully saturated rings. The van der Waals surface area contributed by atoms with Gasteiger partial charge in [-0.3, -0.25) is 4.79 Å². The molecule has 4 heteroatoms. The van der Waals surface area contributed by atoms with E-state index in [2.05, 4.69) is 31.1 Å². The number of anilines is 1. The Morgan fingerprint density at radius 2 is 1.90 bits per heavy atom. The highest BCUT2D eigenvalue weighted by Gasteiger charge is 2.19. The molecule has 1 aromatic rings. The van der Waals surface area contributed by atoms with E-state index < -0.39 is 0 Å². The maximum atomic E-state index is 12.6. The molecule has 0 aliphatic carbocycles. The van der Waals surface area contributed by atoms with Crippen molar-refractivity contribution < 1.29 is 4.79 Å². The van der Waals surface area contributed by atoms with Crippen molar-refractivity contribution in [3.05, 3.63) is 23.4 Å². The molecule has 0 saturated carbocycles. The molecule has 0 radical (unpaired) electrons. The molecule has 0 aliphatic rings. The summed E-state index contributed by atoms with van der Waals surface area (Å²) in [6, 6.07) is 4.05. The zero-order valence-corrected chi connectivity index (χ0v) is 13.4. The number of aryl methyl sites for hydroxylation is 1. The normalized spacial score (nSPS) is 10.7. The topological polar surface area (TPSA) is 45.2 Å². The van der Waals surface area contributed by atoms with Gasteiger partial charge in [0, 0.05) is 30.9 Å². The van der Waals surface area contributed by atoms with Crippen LogP contribution in [0.2, 0.25) is 0 Å². The van der Waals surface area contributed by atoms with Crippen molar-refractivity contribution in [3.63, 3.8) is 0 Å². The van der Waals surface area contributed by atoms with E-state index in [0.717, 1.165) is 42.9 Å². The predicted octanol–water partition coefficient (Wildman–Crippen LogP) is 3.34. The summed E-state index contributed by atoms with van der Waals surface area (Å²) in [5.41, 5.74) is 1.67. The molecule has 0 saturated heterocycles. The molecule has 20 heavy (non-hydrogen) atoms. The van der Waals surface area contributed by atoms with Crippen molar-refractivity contribution in [1.29, 1.82) is 0 Å². The van der Waals surface area contributed by atoms with Crippen LogP contribution in [0.5, 0.6) is 0 Å². The SMILES string of the molecule is CCNc1cc(C(=O)N(C)C(CC)CC)cc(CC)n1. The molecule has 0 atom stereocenters. The van der Waals surface area contributed by atoms with Crippen molar-refractivity contribution in [1.82, 2.24) is 9.88 Å². The highest BCUT2D eigenvalue weighted by molar-refractivity contribution is 5.95. The fraction of sp³-hybridized carbons (Fsp3) is 0.625. The van der Waals surface area contributed by atoms with Gasteiger partial charge >= 0.3 is 0 Å². The van der Waals surface area contributed by atoms with Crippen molar-refractivity contribution in [2.24, 2.45) is 0 Å². The lowest BCUT2D eigenvalue weighted by Crippen LogP contribution is -2.36. The van der Waals surface area contributed by atoms with Crippen LogP contribution < -0.4 is 5.32 Å². The number of carbonyl (C=O) groups is 1. The Morgan fingerprint density at radius 1 is 1.25 bits per heavy atom. The molecule has 0 unspecified atom stereocenters. The quantitative estimate of drug-likeness (QED) is 0.831. The summed E-state index contributed by atoms with van der Waals surface area (Å²) in [5.74, 6) is 0.864. The minimum Gasteiger partial charge on any atom is -0.370 e. The lowest BCUT2D eigenvalue weighted by molar-refractivity contribution is 0.0723. The van der Waals surface area contributed by atoms with Gasteiger partial charge in [0.05, 0.1) is 0 Å². The summed E-state index contributed by atoms with van der Waals surface area (Å²) in [6.45, 7) is 9.11. The number of hydrogen-bond donors (Lipinski definition) is 1. The minimum absolute atomic E-state index is 0.0787. The standard InChI is InChI=1S/C16H27N3O/c1-6-13-10-12(11-15(18-13)17-9-4)16(20)19(5)14(7-2)8-3/h10-11,14H,6-9H2,1-5H3,(H,17,18). The summed E-state index contributed by atoms with van der Waals surface area (Å²) < 4.78 is 0. The summed E-state index contributed by atoms with van der Waals surface area (Å²) in [5, 5.41) is 3.19. The van der Waals surface area contributed by atoms with Gasteiger partial charge < -0.3 is 10.2 Å². The number of carbonyl (C=O) groups excluding carboxylic acids is 1. The van der Waals surface area contributed by atoms with Gasteiger partial charge in [-0.25, -0.2) is 4.98 Å². The molecule has 0 bridgehead atoms. The fourth-order valence-corrected chi connectivity index (χ4v) is 2.37. The van der Waals surface area contributed by atoms with Crippen LogP contribution in [0.1, 0.15) is 56.6 Å². The number of pyridine rings is 1. The summed E-state index contributed by atoms with van der Waals surface area (Å²) in [6.07, 6.45) is 2.78. The molecule has 0 spiro atoms. The first-order valence-corrected chi connectivity index (χ1v) is 7.59. The highest BCUT2D eigenvalue weighted by atomic mass is 16.2. The van der Waals surface area contributed by atoms with Crippen molar-refractivity contribution >= 4 is 11.7 Å². The van der Waals surface area contributed by atoms with Gasteiger partial charge in [0.1, 0.15) is 5.82 Å².